The normalized spacial score (nSPS) is 19.0. The zero-order valence-corrected chi connectivity index (χ0v) is 15.1. The van der Waals surface area contributed by atoms with Crippen LogP contribution in [0.25, 0.3) is 10.2 Å². The number of carbonyl (C=O) groups is 2. The highest BCUT2D eigenvalue weighted by Gasteiger charge is 2.29. The third-order valence-electron chi connectivity index (χ3n) is 3.84. The van der Waals surface area contributed by atoms with Gasteiger partial charge in [-0.25, -0.2) is 13.4 Å². The highest BCUT2D eigenvalue weighted by Crippen LogP contribution is 2.22. The second-order valence-electron chi connectivity index (χ2n) is 5.90. The summed E-state index contributed by atoms with van der Waals surface area (Å²) in [5, 5.41) is 3.42. The van der Waals surface area contributed by atoms with E-state index in [9.17, 15) is 18.0 Å². The van der Waals surface area contributed by atoms with E-state index in [0.29, 0.717) is 12.8 Å². The van der Waals surface area contributed by atoms with Crippen molar-refractivity contribution in [3.05, 3.63) is 29.3 Å². The van der Waals surface area contributed by atoms with Gasteiger partial charge in [0.1, 0.15) is 0 Å². The molecule has 7 nitrogen and oxygen atoms in total. The number of benzene rings is 1. The van der Waals surface area contributed by atoms with Crippen LogP contribution in [0, 0.1) is 0 Å². The van der Waals surface area contributed by atoms with E-state index in [1.54, 1.807) is 0 Å². The molecule has 1 N–H and O–H groups in total. The second kappa shape index (κ2) is 7.49. The fraction of sp³-hybridized carbons (Fsp3) is 0.438. The molecule has 1 amide bonds. The molecule has 1 aromatic heterocycles. The Morgan fingerprint density at radius 3 is 2.84 bits per heavy atom. The number of hydrogen-bond acceptors (Lipinski definition) is 7. The third kappa shape index (κ3) is 4.99. The molecule has 1 atom stereocenters. The Hall–Kier alpha value is -2.00. The molecule has 0 bridgehead atoms. The van der Waals surface area contributed by atoms with Crippen molar-refractivity contribution in [2.75, 3.05) is 18.1 Å². The molecule has 0 unspecified atom stereocenters. The molecule has 1 saturated heterocycles. The molecule has 9 heteroatoms. The van der Waals surface area contributed by atoms with Crippen LogP contribution in [0.15, 0.2) is 24.3 Å². The SMILES string of the molecule is O=C(COC(=O)CCc1nc2ccccc2s1)N[C@H]1CCS(=O)(=O)C1. The lowest BCUT2D eigenvalue weighted by Gasteiger charge is -2.10. The molecule has 1 aromatic carbocycles. The zero-order valence-electron chi connectivity index (χ0n) is 13.4. The summed E-state index contributed by atoms with van der Waals surface area (Å²) in [6, 6.07) is 7.35. The number of aryl methyl sites for hydroxylation is 1. The van der Waals surface area contributed by atoms with Crippen LogP contribution < -0.4 is 5.32 Å². The average Bonchev–Trinajstić information content (AvgIpc) is 3.13. The molecular formula is C16H18N2O5S2. The fourth-order valence-corrected chi connectivity index (χ4v) is 5.27. The number of aromatic nitrogens is 1. The third-order valence-corrected chi connectivity index (χ3v) is 6.71. The number of fused-ring (bicyclic) bond motifs is 1. The first-order valence-corrected chi connectivity index (χ1v) is 10.5. The van der Waals surface area contributed by atoms with Crippen LogP contribution in [0.3, 0.4) is 0 Å². The average molecular weight is 382 g/mol. The summed E-state index contributed by atoms with van der Waals surface area (Å²) in [5.74, 6) is -0.923. The summed E-state index contributed by atoms with van der Waals surface area (Å²) < 4.78 is 28.7. The Labute approximate surface area is 149 Å². The van der Waals surface area contributed by atoms with Gasteiger partial charge in [0.15, 0.2) is 16.4 Å². The molecule has 134 valence electrons. The maximum Gasteiger partial charge on any atom is 0.306 e. The van der Waals surface area contributed by atoms with Crippen LogP contribution in [0.4, 0.5) is 0 Å². The maximum atomic E-state index is 11.8. The van der Waals surface area contributed by atoms with Gasteiger partial charge in [0, 0.05) is 12.5 Å². The van der Waals surface area contributed by atoms with E-state index < -0.39 is 28.3 Å². The van der Waals surface area contributed by atoms with Gasteiger partial charge in [0.05, 0.1) is 33.2 Å². The Kier molecular flexibility index (Phi) is 5.33. The van der Waals surface area contributed by atoms with E-state index in [2.05, 4.69) is 10.3 Å². The smallest absolute Gasteiger partial charge is 0.306 e. The van der Waals surface area contributed by atoms with Crippen molar-refractivity contribution in [2.24, 2.45) is 0 Å². The van der Waals surface area contributed by atoms with Crippen molar-refractivity contribution in [2.45, 2.75) is 25.3 Å². The fourth-order valence-electron chi connectivity index (χ4n) is 2.63. The lowest BCUT2D eigenvalue weighted by atomic mass is 10.2. The minimum absolute atomic E-state index is 0.0513. The van der Waals surface area contributed by atoms with Crippen LogP contribution in [0.1, 0.15) is 17.8 Å². The van der Waals surface area contributed by atoms with Gasteiger partial charge in [-0.05, 0) is 18.6 Å². The lowest BCUT2D eigenvalue weighted by Crippen LogP contribution is -2.38. The molecule has 0 radical (unpaired) electrons. The first kappa shape index (κ1) is 17.8. The van der Waals surface area contributed by atoms with Gasteiger partial charge in [0.2, 0.25) is 0 Å². The Morgan fingerprint density at radius 2 is 2.12 bits per heavy atom. The van der Waals surface area contributed by atoms with Crippen molar-refractivity contribution in [1.29, 1.82) is 0 Å². The topological polar surface area (TPSA) is 102 Å². The number of sulfone groups is 1. The van der Waals surface area contributed by atoms with Gasteiger partial charge in [-0.15, -0.1) is 11.3 Å². The number of esters is 1. The number of para-hydroxylation sites is 1. The second-order valence-corrected chi connectivity index (χ2v) is 9.25. The van der Waals surface area contributed by atoms with Crippen LogP contribution in [-0.2, 0) is 30.6 Å². The van der Waals surface area contributed by atoms with E-state index in [0.717, 1.165) is 15.2 Å². The van der Waals surface area contributed by atoms with Gasteiger partial charge < -0.3 is 10.1 Å². The molecule has 1 fully saturated rings. The zero-order chi connectivity index (χ0) is 17.9. The minimum Gasteiger partial charge on any atom is -0.456 e. The van der Waals surface area contributed by atoms with Crippen molar-refractivity contribution in [3.63, 3.8) is 0 Å². The van der Waals surface area contributed by atoms with E-state index in [4.69, 9.17) is 4.74 Å². The van der Waals surface area contributed by atoms with Crippen LogP contribution >= 0.6 is 11.3 Å². The largest absolute Gasteiger partial charge is 0.456 e. The molecule has 3 rings (SSSR count). The van der Waals surface area contributed by atoms with Crippen LogP contribution in [-0.4, -0.2) is 49.4 Å². The molecule has 1 aliphatic heterocycles. The van der Waals surface area contributed by atoms with E-state index in [1.165, 1.54) is 11.3 Å². The summed E-state index contributed by atoms with van der Waals surface area (Å²) in [7, 11) is -3.05. The summed E-state index contributed by atoms with van der Waals surface area (Å²) >= 11 is 1.53. The molecule has 2 heterocycles. The first-order valence-electron chi connectivity index (χ1n) is 7.91. The minimum atomic E-state index is -3.05. The number of nitrogens with zero attached hydrogens (tertiary/aromatic N) is 1. The number of ether oxygens (including phenoxy) is 1. The van der Waals surface area contributed by atoms with E-state index in [1.807, 2.05) is 24.3 Å². The molecular weight excluding hydrogens is 364 g/mol. The molecule has 2 aromatic rings. The molecule has 0 aliphatic carbocycles. The number of rotatable bonds is 6. The van der Waals surface area contributed by atoms with Gasteiger partial charge in [-0.1, -0.05) is 12.1 Å². The molecule has 0 saturated carbocycles. The first-order chi connectivity index (χ1) is 11.9. The summed E-state index contributed by atoms with van der Waals surface area (Å²) in [4.78, 5) is 27.9. The van der Waals surface area contributed by atoms with E-state index >= 15 is 0 Å². The Morgan fingerprint density at radius 1 is 1.32 bits per heavy atom. The van der Waals surface area contributed by atoms with Gasteiger partial charge in [0.25, 0.3) is 5.91 Å². The molecule has 0 spiro atoms. The van der Waals surface area contributed by atoms with Crippen LogP contribution in [0.5, 0.6) is 0 Å². The van der Waals surface area contributed by atoms with Crippen LogP contribution in [0.2, 0.25) is 0 Å². The van der Waals surface area contributed by atoms with Gasteiger partial charge in [-0.2, -0.15) is 0 Å². The van der Waals surface area contributed by atoms with Gasteiger partial charge in [-0.3, -0.25) is 9.59 Å². The standard InChI is InChI=1S/C16H18N2O5S2/c19-14(17-11-7-8-25(21,22)10-11)9-23-16(20)6-5-15-18-12-3-1-2-4-13(12)24-15/h1-4,11H,5-10H2,(H,17,19)/t11-/m0/s1. The number of nitrogens with one attached hydrogen (secondary N) is 1. The number of hydrogen-bond donors (Lipinski definition) is 1. The van der Waals surface area contributed by atoms with Crippen molar-refractivity contribution < 1.29 is 22.7 Å². The lowest BCUT2D eigenvalue weighted by molar-refractivity contribution is -0.148. The van der Waals surface area contributed by atoms with Crippen molar-refractivity contribution in [1.82, 2.24) is 10.3 Å². The maximum absolute atomic E-state index is 11.8. The quantitative estimate of drug-likeness (QED) is 0.750. The predicted molar refractivity (Wildman–Crippen MR) is 94.1 cm³/mol. The monoisotopic (exact) mass is 382 g/mol. The Balaban J connectivity index is 1.39. The number of thiazole rings is 1. The number of amides is 1. The Bertz CT molecular complexity index is 858. The van der Waals surface area contributed by atoms with Crippen molar-refractivity contribution >= 4 is 43.3 Å². The molecule has 25 heavy (non-hydrogen) atoms. The number of carbonyl (C=O) groups excluding carboxylic acids is 2. The highest BCUT2D eigenvalue weighted by atomic mass is 32.2. The van der Waals surface area contributed by atoms with Gasteiger partial charge >= 0.3 is 5.97 Å². The van der Waals surface area contributed by atoms with E-state index in [-0.39, 0.29) is 24.0 Å². The summed E-state index contributed by atoms with van der Waals surface area (Å²) in [6.07, 6.45) is 1.01. The molecule has 1 aliphatic rings. The highest BCUT2D eigenvalue weighted by molar-refractivity contribution is 7.91. The summed E-state index contributed by atoms with van der Waals surface area (Å²) in [6.45, 7) is -0.394. The predicted octanol–water partition coefficient (Wildman–Crippen LogP) is 1.08. The van der Waals surface area contributed by atoms with Crippen molar-refractivity contribution in [3.8, 4) is 0 Å². The summed E-state index contributed by atoms with van der Waals surface area (Å²) in [5.41, 5.74) is 0.904.